The molecule has 1 atom stereocenters. The molecule has 18 heavy (non-hydrogen) atoms. The third kappa shape index (κ3) is 2.50. The van der Waals surface area contributed by atoms with E-state index in [2.05, 4.69) is 27.7 Å². The first-order chi connectivity index (χ1) is 8.71. The first-order valence-corrected chi connectivity index (χ1v) is 8.03. The smallest absolute Gasteiger partial charge is 0.160 e. The molecule has 0 fully saturated rings. The van der Waals surface area contributed by atoms with Crippen molar-refractivity contribution in [1.82, 2.24) is 14.5 Å². The highest BCUT2D eigenvalue weighted by atomic mass is 35.5. The van der Waals surface area contributed by atoms with Crippen LogP contribution in [0.1, 0.15) is 30.9 Å². The van der Waals surface area contributed by atoms with E-state index in [1.54, 1.807) is 0 Å². The first-order valence-electron chi connectivity index (χ1n) is 6.10. The number of aromatic nitrogens is 3. The minimum Gasteiger partial charge on any atom is -0.308 e. The van der Waals surface area contributed by atoms with Gasteiger partial charge in [-0.25, -0.2) is 9.97 Å². The van der Waals surface area contributed by atoms with Crippen LogP contribution in [0.4, 0.5) is 0 Å². The summed E-state index contributed by atoms with van der Waals surface area (Å²) in [6.07, 6.45) is 3.19. The Bertz CT molecular complexity index is 538. The van der Waals surface area contributed by atoms with Gasteiger partial charge in [0.05, 0.1) is 5.88 Å². The van der Waals surface area contributed by atoms with Gasteiger partial charge in [0.1, 0.15) is 11.3 Å². The lowest BCUT2D eigenvalue weighted by Gasteiger charge is -2.18. The van der Waals surface area contributed by atoms with Gasteiger partial charge in [0.2, 0.25) is 0 Å². The molecule has 0 aliphatic rings. The van der Waals surface area contributed by atoms with Crippen molar-refractivity contribution in [2.75, 3.05) is 12.0 Å². The average Bonchev–Trinajstić information content (AvgIpc) is 2.73. The number of fused-ring (bicyclic) bond motifs is 1. The highest BCUT2D eigenvalue weighted by Gasteiger charge is 2.18. The van der Waals surface area contributed by atoms with Crippen molar-refractivity contribution < 1.29 is 0 Å². The molecule has 2 aromatic heterocycles. The maximum Gasteiger partial charge on any atom is 0.160 e. The molecule has 5 heteroatoms. The van der Waals surface area contributed by atoms with Gasteiger partial charge in [0, 0.05) is 17.5 Å². The molecule has 0 saturated heterocycles. The molecule has 1 unspecified atom stereocenters. The summed E-state index contributed by atoms with van der Waals surface area (Å²) < 4.78 is 2.21. The number of halogens is 1. The van der Waals surface area contributed by atoms with E-state index in [-0.39, 0.29) is 0 Å². The Hall–Kier alpha value is -0.740. The van der Waals surface area contributed by atoms with E-state index >= 15 is 0 Å². The number of hydrogen-bond donors (Lipinski definition) is 0. The van der Waals surface area contributed by atoms with Gasteiger partial charge in [-0.1, -0.05) is 6.92 Å². The zero-order valence-corrected chi connectivity index (χ0v) is 12.6. The van der Waals surface area contributed by atoms with Gasteiger partial charge < -0.3 is 4.57 Å². The van der Waals surface area contributed by atoms with Crippen molar-refractivity contribution in [3.8, 4) is 0 Å². The van der Waals surface area contributed by atoms with Gasteiger partial charge in [-0.05, 0) is 31.7 Å². The van der Waals surface area contributed by atoms with E-state index in [1.165, 1.54) is 0 Å². The molecule has 0 radical (unpaired) electrons. The Kier molecular flexibility index (Phi) is 4.51. The fraction of sp³-hybridized carbons (Fsp3) is 0.538. The second-order valence-corrected chi connectivity index (χ2v) is 5.52. The first kappa shape index (κ1) is 13.7. The van der Waals surface area contributed by atoms with Crippen LogP contribution in [0, 0.1) is 6.92 Å². The van der Waals surface area contributed by atoms with E-state index in [4.69, 9.17) is 11.6 Å². The van der Waals surface area contributed by atoms with E-state index in [0.717, 1.165) is 34.9 Å². The minimum absolute atomic E-state index is 0.410. The monoisotopic (exact) mass is 283 g/mol. The molecule has 0 amide bonds. The molecular weight excluding hydrogens is 266 g/mol. The fourth-order valence-electron chi connectivity index (χ4n) is 2.16. The SMILES string of the molecule is CCC(CSC)n1c(CCl)nc2ccc(C)nc21. The second-order valence-electron chi connectivity index (χ2n) is 4.34. The fourth-order valence-corrected chi connectivity index (χ4v) is 3.12. The van der Waals surface area contributed by atoms with Gasteiger partial charge >= 0.3 is 0 Å². The summed E-state index contributed by atoms with van der Waals surface area (Å²) in [4.78, 5) is 9.21. The van der Waals surface area contributed by atoms with Crippen molar-refractivity contribution in [3.63, 3.8) is 0 Å². The van der Waals surface area contributed by atoms with Crippen LogP contribution in [0.2, 0.25) is 0 Å². The Morgan fingerprint density at radius 3 is 2.78 bits per heavy atom. The van der Waals surface area contributed by atoms with Crippen LogP contribution < -0.4 is 0 Å². The van der Waals surface area contributed by atoms with Crippen molar-refractivity contribution in [3.05, 3.63) is 23.7 Å². The number of imidazole rings is 1. The molecule has 0 aromatic carbocycles. The summed E-state index contributed by atoms with van der Waals surface area (Å²) in [5.41, 5.74) is 2.92. The van der Waals surface area contributed by atoms with Crippen LogP contribution in [0.5, 0.6) is 0 Å². The van der Waals surface area contributed by atoms with E-state index in [9.17, 15) is 0 Å². The molecule has 2 rings (SSSR count). The summed E-state index contributed by atoms with van der Waals surface area (Å²) in [6, 6.07) is 4.43. The molecule has 0 aliphatic heterocycles. The highest BCUT2D eigenvalue weighted by Crippen LogP contribution is 2.25. The molecule has 0 N–H and O–H groups in total. The summed E-state index contributed by atoms with van der Waals surface area (Å²) in [6.45, 7) is 4.20. The zero-order valence-electron chi connectivity index (χ0n) is 11.0. The van der Waals surface area contributed by atoms with Crippen LogP contribution >= 0.6 is 23.4 Å². The number of alkyl halides is 1. The quantitative estimate of drug-likeness (QED) is 0.782. The number of nitrogens with zero attached hydrogens (tertiary/aromatic N) is 3. The third-order valence-corrected chi connectivity index (χ3v) is 4.02. The summed E-state index contributed by atoms with van der Waals surface area (Å²) in [5, 5.41) is 0. The molecule has 98 valence electrons. The molecule has 0 bridgehead atoms. The van der Waals surface area contributed by atoms with Crippen LogP contribution in [-0.4, -0.2) is 26.5 Å². The summed E-state index contributed by atoms with van der Waals surface area (Å²) in [5.74, 6) is 2.41. The normalized spacial score (nSPS) is 13.1. The topological polar surface area (TPSA) is 30.7 Å². The number of aryl methyl sites for hydroxylation is 1. The average molecular weight is 284 g/mol. The van der Waals surface area contributed by atoms with Crippen molar-refractivity contribution >= 4 is 34.5 Å². The summed E-state index contributed by atoms with van der Waals surface area (Å²) in [7, 11) is 0. The Morgan fingerprint density at radius 1 is 1.39 bits per heavy atom. The predicted molar refractivity (Wildman–Crippen MR) is 79.5 cm³/mol. The number of hydrogen-bond acceptors (Lipinski definition) is 3. The molecule has 3 nitrogen and oxygen atoms in total. The molecule has 0 spiro atoms. The Labute approximate surface area is 117 Å². The van der Waals surface area contributed by atoms with Gasteiger partial charge in [0.15, 0.2) is 5.65 Å². The standard InChI is InChI=1S/C13H18ClN3S/c1-4-10(8-18-3)17-12(7-14)16-11-6-5-9(2)15-13(11)17/h5-6,10H,4,7-8H2,1-3H3. The lowest BCUT2D eigenvalue weighted by Crippen LogP contribution is -2.14. The maximum absolute atomic E-state index is 6.03. The minimum atomic E-state index is 0.410. The van der Waals surface area contributed by atoms with Gasteiger partial charge in [0.25, 0.3) is 0 Å². The number of rotatable bonds is 5. The van der Waals surface area contributed by atoms with Crippen LogP contribution in [-0.2, 0) is 5.88 Å². The van der Waals surface area contributed by atoms with Crippen molar-refractivity contribution in [1.29, 1.82) is 0 Å². The third-order valence-electron chi connectivity index (χ3n) is 3.06. The van der Waals surface area contributed by atoms with Crippen LogP contribution in [0.3, 0.4) is 0 Å². The molecule has 0 aliphatic carbocycles. The van der Waals surface area contributed by atoms with E-state index in [0.29, 0.717) is 11.9 Å². The highest BCUT2D eigenvalue weighted by molar-refractivity contribution is 7.98. The summed E-state index contributed by atoms with van der Waals surface area (Å²) >= 11 is 7.87. The van der Waals surface area contributed by atoms with Crippen LogP contribution in [0.25, 0.3) is 11.2 Å². The van der Waals surface area contributed by atoms with Crippen LogP contribution in [0.15, 0.2) is 12.1 Å². The lowest BCUT2D eigenvalue weighted by atomic mass is 10.2. The number of thioether (sulfide) groups is 1. The van der Waals surface area contributed by atoms with E-state index < -0.39 is 0 Å². The van der Waals surface area contributed by atoms with Gasteiger partial charge in [-0.3, -0.25) is 0 Å². The van der Waals surface area contributed by atoms with E-state index in [1.807, 2.05) is 30.8 Å². The molecule has 2 heterocycles. The Balaban J connectivity index is 2.60. The number of pyridine rings is 1. The Morgan fingerprint density at radius 2 is 2.17 bits per heavy atom. The molecule has 2 aromatic rings. The molecular formula is C13H18ClN3S. The maximum atomic E-state index is 6.03. The zero-order chi connectivity index (χ0) is 13.1. The van der Waals surface area contributed by atoms with Gasteiger partial charge in [-0.2, -0.15) is 11.8 Å². The van der Waals surface area contributed by atoms with Crippen molar-refractivity contribution in [2.45, 2.75) is 32.2 Å². The predicted octanol–water partition coefficient (Wildman–Crippen LogP) is 3.79. The molecule has 0 saturated carbocycles. The lowest BCUT2D eigenvalue weighted by molar-refractivity contribution is 0.535. The second kappa shape index (κ2) is 5.93. The van der Waals surface area contributed by atoms with Gasteiger partial charge in [-0.15, -0.1) is 11.6 Å². The van der Waals surface area contributed by atoms with Crippen molar-refractivity contribution in [2.24, 2.45) is 0 Å². The largest absolute Gasteiger partial charge is 0.308 e.